The van der Waals surface area contributed by atoms with Crippen LogP contribution in [0.4, 0.5) is 5.69 Å². The highest BCUT2D eigenvalue weighted by Crippen LogP contribution is 2.48. The largest absolute Gasteiger partial charge is 0.481 e. The second kappa shape index (κ2) is 6.68. The molecule has 0 heterocycles. The third-order valence-corrected chi connectivity index (χ3v) is 7.30. The van der Waals surface area contributed by atoms with E-state index in [0.717, 1.165) is 4.31 Å². The number of hydrogen-bond donors (Lipinski definition) is 2. The molecule has 1 aromatic rings. The van der Waals surface area contributed by atoms with Crippen molar-refractivity contribution in [3.63, 3.8) is 0 Å². The van der Waals surface area contributed by atoms with Crippen LogP contribution >= 0.6 is 11.6 Å². The topological polar surface area (TPSA) is 104 Å². The molecule has 0 unspecified atom stereocenters. The number of anilines is 1. The summed E-state index contributed by atoms with van der Waals surface area (Å²) < 4.78 is 25.7. The van der Waals surface area contributed by atoms with E-state index in [1.807, 2.05) is 12.2 Å². The van der Waals surface area contributed by atoms with E-state index in [2.05, 4.69) is 5.32 Å². The van der Waals surface area contributed by atoms with Gasteiger partial charge in [0.2, 0.25) is 15.9 Å². The molecule has 0 aliphatic heterocycles. The first-order valence-corrected chi connectivity index (χ1v) is 9.89. The number of carboxylic acids is 1. The molecule has 0 aromatic heterocycles. The van der Waals surface area contributed by atoms with Crippen LogP contribution < -0.4 is 5.32 Å². The molecule has 0 spiro atoms. The van der Waals surface area contributed by atoms with E-state index in [0.29, 0.717) is 6.42 Å². The van der Waals surface area contributed by atoms with Crippen molar-refractivity contribution in [3.05, 3.63) is 35.4 Å². The number of nitrogens with one attached hydrogen (secondary N) is 1. The lowest BCUT2D eigenvalue weighted by molar-refractivity contribution is -0.146. The first kappa shape index (κ1) is 18.9. The van der Waals surface area contributed by atoms with Gasteiger partial charge in [0.1, 0.15) is 4.90 Å². The molecule has 0 radical (unpaired) electrons. The Hall–Kier alpha value is -1.90. The molecule has 26 heavy (non-hydrogen) atoms. The van der Waals surface area contributed by atoms with Gasteiger partial charge >= 0.3 is 5.97 Å². The van der Waals surface area contributed by atoms with E-state index in [9.17, 15) is 23.1 Å². The lowest BCUT2D eigenvalue weighted by atomic mass is 9.82. The molecule has 2 N–H and O–H groups in total. The zero-order valence-corrected chi connectivity index (χ0v) is 15.8. The minimum absolute atomic E-state index is 0.0444. The van der Waals surface area contributed by atoms with E-state index < -0.39 is 33.7 Å². The van der Waals surface area contributed by atoms with Crippen LogP contribution in [0.5, 0.6) is 0 Å². The summed E-state index contributed by atoms with van der Waals surface area (Å²) in [7, 11) is -1.00. The van der Waals surface area contributed by atoms with Gasteiger partial charge in [-0.1, -0.05) is 23.8 Å². The lowest BCUT2D eigenvalue weighted by Crippen LogP contribution is -2.36. The fraction of sp³-hybridized carbons (Fsp3) is 0.412. The molecule has 9 heteroatoms. The van der Waals surface area contributed by atoms with E-state index in [4.69, 9.17) is 11.6 Å². The summed E-state index contributed by atoms with van der Waals surface area (Å²) in [6, 6.07) is 4.17. The maximum Gasteiger partial charge on any atom is 0.307 e. The van der Waals surface area contributed by atoms with E-state index >= 15 is 0 Å². The molecule has 2 bridgehead atoms. The number of carboxylic acid groups (broad SMARTS) is 1. The Morgan fingerprint density at radius 3 is 2.38 bits per heavy atom. The smallest absolute Gasteiger partial charge is 0.307 e. The number of nitrogens with zero attached hydrogens (tertiary/aromatic N) is 1. The Morgan fingerprint density at radius 2 is 1.81 bits per heavy atom. The van der Waals surface area contributed by atoms with Crippen molar-refractivity contribution in [1.29, 1.82) is 0 Å². The van der Waals surface area contributed by atoms with Crippen molar-refractivity contribution in [3.8, 4) is 0 Å². The second-order valence-corrected chi connectivity index (χ2v) is 9.29. The summed E-state index contributed by atoms with van der Waals surface area (Å²) in [5.74, 6) is -3.10. The average Bonchev–Trinajstić information content (AvgIpc) is 3.17. The predicted octanol–water partition coefficient (Wildman–Crippen LogP) is 2.05. The van der Waals surface area contributed by atoms with Crippen LogP contribution in [-0.2, 0) is 19.6 Å². The standard InChI is InChI=1S/C17H19ClN2O5S/c1-20(2)26(24,25)13-8-11(5-6-12(13)18)19-16(21)14-9-3-4-10(7-9)15(14)17(22)23/h3-6,8-10,14-15H,7H2,1-2H3,(H,19,21)(H,22,23)/t9-,10-,14-,15+/m0/s1. The number of sulfonamides is 1. The molecule has 2 aliphatic rings. The molecule has 140 valence electrons. The number of benzene rings is 1. The van der Waals surface area contributed by atoms with Crippen molar-refractivity contribution in [2.24, 2.45) is 23.7 Å². The zero-order chi connectivity index (χ0) is 19.2. The van der Waals surface area contributed by atoms with Crippen LogP contribution in [0.1, 0.15) is 6.42 Å². The third-order valence-electron chi connectivity index (χ3n) is 5.00. The van der Waals surface area contributed by atoms with Gasteiger partial charge in [-0.05, 0) is 36.5 Å². The third kappa shape index (κ3) is 3.13. The molecule has 4 atom stereocenters. The SMILES string of the molecule is CN(C)S(=O)(=O)c1cc(NC(=O)[C@@H]2[C@H](C(=O)O)[C@H]3C=C[C@H]2C3)ccc1Cl. The van der Waals surface area contributed by atoms with Gasteiger partial charge in [0.05, 0.1) is 16.9 Å². The number of carbonyl (C=O) groups excluding carboxylic acids is 1. The maximum absolute atomic E-state index is 12.7. The number of rotatable bonds is 5. The fourth-order valence-electron chi connectivity index (χ4n) is 3.72. The Balaban J connectivity index is 1.87. The Bertz CT molecular complexity index is 896. The fourth-order valence-corrected chi connectivity index (χ4v) is 5.11. The molecule has 7 nitrogen and oxygen atoms in total. The number of halogens is 1. The van der Waals surface area contributed by atoms with Gasteiger partial charge in [-0.15, -0.1) is 0 Å². The summed E-state index contributed by atoms with van der Waals surface area (Å²) in [6.07, 6.45) is 4.39. The molecule has 1 fully saturated rings. The quantitative estimate of drug-likeness (QED) is 0.739. The zero-order valence-electron chi connectivity index (χ0n) is 14.2. The highest BCUT2D eigenvalue weighted by atomic mass is 35.5. The van der Waals surface area contributed by atoms with Crippen LogP contribution in [0.15, 0.2) is 35.2 Å². The molecule has 3 rings (SSSR count). The summed E-state index contributed by atoms with van der Waals surface area (Å²) in [4.78, 5) is 24.1. The minimum atomic E-state index is -3.77. The number of aliphatic carboxylic acids is 1. The van der Waals surface area contributed by atoms with Crippen molar-refractivity contribution >= 4 is 39.2 Å². The summed E-state index contributed by atoms with van der Waals surface area (Å²) >= 11 is 6.00. The maximum atomic E-state index is 12.7. The van der Waals surface area contributed by atoms with Crippen LogP contribution in [0, 0.1) is 23.7 Å². The van der Waals surface area contributed by atoms with Gasteiger partial charge in [-0.3, -0.25) is 9.59 Å². The highest BCUT2D eigenvalue weighted by Gasteiger charge is 2.51. The Morgan fingerprint density at radius 1 is 1.19 bits per heavy atom. The van der Waals surface area contributed by atoms with E-state index in [-0.39, 0.29) is 27.4 Å². The molecular formula is C17H19ClN2O5S. The van der Waals surface area contributed by atoms with Crippen LogP contribution in [0.3, 0.4) is 0 Å². The van der Waals surface area contributed by atoms with Crippen molar-refractivity contribution in [1.82, 2.24) is 4.31 Å². The Labute approximate surface area is 156 Å². The Kier molecular flexibility index (Phi) is 4.85. The molecular weight excluding hydrogens is 380 g/mol. The summed E-state index contributed by atoms with van der Waals surface area (Å²) in [5, 5.41) is 12.2. The van der Waals surface area contributed by atoms with Gasteiger partial charge in [0, 0.05) is 19.8 Å². The lowest BCUT2D eigenvalue weighted by Gasteiger charge is -2.24. The van der Waals surface area contributed by atoms with Gasteiger partial charge < -0.3 is 10.4 Å². The first-order valence-electron chi connectivity index (χ1n) is 8.07. The number of amides is 1. The monoisotopic (exact) mass is 398 g/mol. The van der Waals surface area contributed by atoms with Crippen molar-refractivity contribution < 1.29 is 23.1 Å². The molecule has 0 saturated heterocycles. The van der Waals surface area contributed by atoms with Crippen LogP contribution in [-0.4, -0.2) is 43.8 Å². The van der Waals surface area contributed by atoms with Gasteiger partial charge in [-0.25, -0.2) is 12.7 Å². The van der Waals surface area contributed by atoms with Crippen LogP contribution in [0.25, 0.3) is 0 Å². The molecule has 1 aromatic carbocycles. The predicted molar refractivity (Wildman–Crippen MR) is 96.3 cm³/mol. The first-order chi connectivity index (χ1) is 12.1. The van der Waals surface area contributed by atoms with Gasteiger partial charge in [0.15, 0.2) is 0 Å². The molecule has 1 saturated carbocycles. The normalized spacial score (nSPS) is 27.1. The highest BCUT2D eigenvalue weighted by molar-refractivity contribution is 7.89. The molecule has 1 amide bonds. The van der Waals surface area contributed by atoms with Crippen molar-refractivity contribution in [2.75, 3.05) is 19.4 Å². The average molecular weight is 399 g/mol. The summed E-state index contributed by atoms with van der Waals surface area (Å²) in [5.41, 5.74) is 0.260. The van der Waals surface area contributed by atoms with E-state index in [1.165, 1.54) is 32.3 Å². The number of hydrogen-bond acceptors (Lipinski definition) is 4. The van der Waals surface area contributed by atoms with Crippen molar-refractivity contribution in [2.45, 2.75) is 11.3 Å². The number of carbonyl (C=O) groups is 2. The summed E-state index contributed by atoms with van der Waals surface area (Å²) in [6.45, 7) is 0. The second-order valence-electron chi connectivity index (χ2n) is 6.76. The number of allylic oxidation sites excluding steroid dienone is 2. The number of fused-ring (bicyclic) bond motifs is 2. The van der Waals surface area contributed by atoms with Gasteiger partial charge in [-0.2, -0.15) is 0 Å². The molecule has 2 aliphatic carbocycles. The van der Waals surface area contributed by atoms with E-state index in [1.54, 1.807) is 0 Å². The van der Waals surface area contributed by atoms with Crippen LogP contribution in [0.2, 0.25) is 5.02 Å². The van der Waals surface area contributed by atoms with Gasteiger partial charge in [0.25, 0.3) is 0 Å². The minimum Gasteiger partial charge on any atom is -0.481 e.